The Bertz CT molecular complexity index is 904. The first kappa shape index (κ1) is 19.8. The zero-order valence-electron chi connectivity index (χ0n) is 13.9. The standard InChI is InChI=1S/C17H17F3N2O3S/c1-26(24,25)22(13-6-7-15(19)16(20)11-13)9-8-21-17(23)10-12-4-2-3-5-14(12)18/h2-7,11H,8-10H2,1H3,(H,21,23). The van der Waals surface area contributed by atoms with Crippen molar-refractivity contribution in [3.8, 4) is 0 Å². The van der Waals surface area contributed by atoms with Crippen LogP contribution in [-0.4, -0.2) is 33.7 Å². The van der Waals surface area contributed by atoms with Crippen molar-refractivity contribution in [3.05, 3.63) is 65.5 Å². The summed E-state index contributed by atoms with van der Waals surface area (Å²) in [7, 11) is -3.78. The van der Waals surface area contributed by atoms with Crippen LogP contribution in [0.25, 0.3) is 0 Å². The van der Waals surface area contributed by atoms with Gasteiger partial charge in [0.2, 0.25) is 15.9 Å². The molecule has 2 rings (SSSR count). The Kier molecular flexibility index (Phi) is 6.25. The fourth-order valence-corrected chi connectivity index (χ4v) is 3.22. The number of sulfonamides is 1. The maximum absolute atomic E-state index is 13.5. The van der Waals surface area contributed by atoms with Crippen LogP contribution < -0.4 is 9.62 Å². The lowest BCUT2D eigenvalue weighted by molar-refractivity contribution is -0.120. The molecule has 1 amide bonds. The lowest BCUT2D eigenvalue weighted by atomic mass is 10.1. The molecule has 0 unspecified atom stereocenters. The fourth-order valence-electron chi connectivity index (χ4n) is 2.30. The van der Waals surface area contributed by atoms with Crippen LogP contribution in [0.15, 0.2) is 42.5 Å². The summed E-state index contributed by atoms with van der Waals surface area (Å²) in [5.41, 5.74) is 0.153. The molecule has 0 heterocycles. The molecule has 140 valence electrons. The third-order valence-electron chi connectivity index (χ3n) is 3.54. The second kappa shape index (κ2) is 8.22. The molecular formula is C17H17F3N2O3S. The summed E-state index contributed by atoms with van der Waals surface area (Å²) in [4.78, 5) is 11.9. The van der Waals surface area contributed by atoms with Gasteiger partial charge in [-0.15, -0.1) is 0 Å². The zero-order chi connectivity index (χ0) is 19.3. The molecule has 2 aromatic rings. The van der Waals surface area contributed by atoms with E-state index in [0.717, 1.165) is 28.8 Å². The van der Waals surface area contributed by atoms with Gasteiger partial charge in [-0.1, -0.05) is 18.2 Å². The average molecular weight is 386 g/mol. The van der Waals surface area contributed by atoms with E-state index in [2.05, 4.69) is 5.32 Å². The van der Waals surface area contributed by atoms with Gasteiger partial charge in [0.25, 0.3) is 0 Å². The molecule has 0 atom stereocenters. The molecule has 26 heavy (non-hydrogen) atoms. The van der Waals surface area contributed by atoms with E-state index in [4.69, 9.17) is 0 Å². The SMILES string of the molecule is CS(=O)(=O)N(CCNC(=O)Cc1ccccc1F)c1ccc(F)c(F)c1. The summed E-state index contributed by atoms with van der Waals surface area (Å²) in [5, 5.41) is 2.48. The van der Waals surface area contributed by atoms with Gasteiger partial charge in [-0.3, -0.25) is 9.10 Å². The maximum Gasteiger partial charge on any atom is 0.232 e. The van der Waals surface area contributed by atoms with Gasteiger partial charge in [-0.2, -0.15) is 0 Å². The first-order chi connectivity index (χ1) is 12.2. The van der Waals surface area contributed by atoms with E-state index in [9.17, 15) is 26.4 Å². The number of carbonyl (C=O) groups excluding carboxylic acids is 1. The van der Waals surface area contributed by atoms with Gasteiger partial charge in [-0.25, -0.2) is 21.6 Å². The Labute approximate surface area is 149 Å². The minimum Gasteiger partial charge on any atom is -0.354 e. The van der Waals surface area contributed by atoms with Crippen molar-refractivity contribution in [1.29, 1.82) is 0 Å². The number of hydrogen-bond acceptors (Lipinski definition) is 3. The molecule has 0 saturated carbocycles. The van der Waals surface area contributed by atoms with E-state index in [0.29, 0.717) is 0 Å². The number of hydrogen-bond donors (Lipinski definition) is 1. The summed E-state index contributed by atoms with van der Waals surface area (Å²) < 4.78 is 64.5. The van der Waals surface area contributed by atoms with Crippen LogP contribution in [0.4, 0.5) is 18.9 Å². The number of anilines is 1. The molecule has 5 nitrogen and oxygen atoms in total. The Morgan fingerprint density at radius 1 is 1.04 bits per heavy atom. The Hall–Kier alpha value is -2.55. The van der Waals surface area contributed by atoms with Crippen molar-refractivity contribution in [2.75, 3.05) is 23.7 Å². The highest BCUT2D eigenvalue weighted by molar-refractivity contribution is 7.92. The van der Waals surface area contributed by atoms with Gasteiger partial charge in [-0.05, 0) is 23.8 Å². The predicted molar refractivity (Wildman–Crippen MR) is 91.7 cm³/mol. The lowest BCUT2D eigenvalue weighted by Crippen LogP contribution is -2.38. The normalized spacial score (nSPS) is 11.2. The highest BCUT2D eigenvalue weighted by atomic mass is 32.2. The summed E-state index contributed by atoms with van der Waals surface area (Å²) in [5.74, 6) is -3.28. The van der Waals surface area contributed by atoms with E-state index in [1.165, 1.54) is 18.2 Å². The van der Waals surface area contributed by atoms with Crippen molar-refractivity contribution in [1.82, 2.24) is 5.32 Å². The number of nitrogens with zero attached hydrogens (tertiary/aromatic N) is 1. The number of carbonyl (C=O) groups is 1. The van der Waals surface area contributed by atoms with Gasteiger partial charge in [0, 0.05) is 12.6 Å². The molecule has 0 bridgehead atoms. The monoisotopic (exact) mass is 386 g/mol. The minimum atomic E-state index is -3.78. The summed E-state index contributed by atoms with van der Waals surface area (Å²) in [6, 6.07) is 8.51. The number of nitrogens with one attached hydrogen (secondary N) is 1. The van der Waals surface area contributed by atoms with Crippen LogP contribution in [0.3, 0.4) is 0 Å². The van der Waals surface area contributed by atoms with Crippen molar-refractivity contribution >= 4 is 21.6 Å². The summed E-state index contributed by atoms with van der Waals surface area (Å²) in [6.07, 6.45) is 0.714. The van der Waals surface area contributed by atoms with E-state index in [1.807, 2.05) is 0 Å². The molecular weight excluding hydrogens is 369 g/mol. The highest BCUT2D eigenvalue weighted by Crippen LogP contribution is 2.20. The Morgan fingerprint density at radius 3 is 2.35 bits per heavy atom. The molecule has 9 heteroatoms. The first-order valence-electron chi connectivity index (χ1n) is 7.61. The Balaban J connectivity index is 2.01. The molecule has 0 fully saturated rings. The van der Waals surface area contributed by atoms with E-state index >= 15 is 0 Å². The topological polar surface area (TPSA) is 66.5 Å². The molecule has 2 aromatic carbocycles. The fraction of sp³-hybridized carbons (Fsp3) is 0.235. The van der Waals surface area contributed by atoms with Crippen molar-refractivity contribution in [3.63, 3.8) is 0 Å². The van der Waals surface area contributed by atoms with Crippen LogP contribution in [-0.2, 0) is 21.2 Å². The molecule has 0 aliphatic rings. The highest BCUT2D eigenvalue weighted by Gasteiger charge is 2.19. The zero-order valence-corrected chi connectivity index (χ0v) is 14.7. The minimum absolute atomic E-state index is 0.0604. The van der Waals surface area contributed by atoms with Gasteiger partial charge < -0.3 is 5.32 Å². The van der Waals surface area contributed by atoms with Crippen LogP contribution in [0.1, 0.15) is 5.56 Å². The quantitative estimate of drug-likeness (QED) is 0.794. The van der Waals surface area contributed by atoms with Crippen LogP contribution >= 0.6 is 0 Å². The van der Waals surface area contributed by atoms with Crippen LogP contribution in [0.5, 0.6) is 0 Å². The average Bonchev–Trinajstić information content (AvgIpc) is 2.55. The van der Waals surface area contributed by atoms with E-state index < -0.39 is 33.4 Å². The predicted octanol–water partition coefficient (Wildman–Crippen LogP) is 2.23. The smallest absolute Gasteiger partial charge is 0.232 e. The van der Waals surface area contributed by atoms with Crippen molar-refractivity contribution < 1.29 is 26.4 Å². The second-order valence-electron chi connectivity index (χ2n) is 5.55. The van der Waals surface area contributed by atoms with E-state index in [-0.39, 0.29) is 30.8 Å². The first-order valence-corrected chi connectivity index (χ1v) is 9.46. The summed E-state index contributed by atoms with van der Waals surface area (Å²) in [6.45, 7) is -0.272. The van der Waals surface area contributed by atoms with Gasteiger partial charge >= 0.3 is 0 Å². The number of halogens is 3. The van der Waals surface area contributed by atoms with Crippen LogP contribution in [0, 0.1) is 17.5 Å². The van der Waals surface area contributed by atoms with Gasteiger partial charge in [0.15, 0.2) is 11.6 Å². The number of benzene rings is 2. The number of rotatable bonds is 7. The molecule has 0 aromatic heterocycles. The molecule has 0 radical (unpaired) electrons. The van der Waals surface area contributed by atoms with E-state index in [1.54, 1.807) is 6.07 Å². The number of amides is 1. The molecule has 0 aliphatic heterocycles. The second-order valence-corrected chi connectivity index (χ2v) is 7.46. The third-order valence-corrected chi connectivity index (χ3v) is 4.73. The summed E-state index contributed by atoms with van der Waals surface area (Å²) >= 11 is 0. The lowest BCUT2D eigenvalue weighted by Gasteiger charge is -2.22. The Morgan fingerprint density at radius 2 is 1.73 bits per heavy atom. The van der Waals surface area contributed by atoms with Crippen molar-refractivity contribution in [2.45, 2.75) is 6.42 Å². The molecule has 1 N–H and O–H groups in total. The molecule has 0 aliphatic carbocycles. The van der Waals surface area contributed by atoms with Crippen molar-refractivity contribution in [2.24, 2.45) is 0 Å². The molecule has 0 spiro atoms. The maximum atomic E-state index is 13.5. The van der Waals surface area contributed by atoms with Crippen LogP contribution in [0.2, 0.25) is 0 Å². The van der Waals surface area contributed by atoms with Gasteiger partial charge in [0.1, 0.15) is 5.82 Å². The third kappa shape index (κ3) is 5.22. The largest absolute Gasteiger partial charge is 0.354 e. The molecule has 0 saturated heterocycles. The van der Waals surface area contributed by atoms with Gasteiger partial charge in [0.05, 0.1) is 24.9 Å².